The molecule has 1 N–H and O–H groups in total. The van der Waals surface area contributed by atoms with E-state index in [4.69, 9.17) is 0 Å². The summed E-state index contributed by atoms with van der Waals surface area (Å²) in [6, 6.07) is 20.3. The monoisotopic (exact) mass is 458 g/mol. The highest BCUT2D eigenvalue weighted by atomic mass is 32.2. The normalized spacial score (nSPS) is 15.5. The minimum absolute atomic E-state index is 0.0830. The minimum Gasteiger partial charge on any atom is -0.349 e. The molecule has 5 rings (SSSR count). The highest BCUT2D eigenvalue weighted by molar-refractivity contribution is 7.99. The van der Waals surface area contributed by atoms with Gasteiger partial charge in [-0.2, -0.15) is 0 Å². The van der Waals surface area contributed by atoms with Crippen molar-refractivity contribution in [3.63, 3.8) is 0 Å². The van der Waals surface area contributed by atoms with E-state index in [1.807, 2.05) is 17.0 Å². The topological polar surface area (TPSA) is 65.5 Å². The summed E-state index contributed by atoms with van der Waals surface area (Å²) < 4.78 is 0. The molecule has 33 heavy (non-hydrogen) atoms. The highest BCUT2D eigenvalue weighted by Crippen LogP contribution is 2.47. The zero-order valence-corrected chi connectivity index (χ0v) is 19.1. The Bertz CT molecular complexity index is 1100. The number of pyridine rings is 1. The van der Waals surface area contributed by atoms with E-state index in [2.05, 4.69) is 51.6 Å². The van der Waals surface area contributed by atoms with Crippen molar-refractivity contribution in [1.29, 1.82) is 0 Å². The fourth-order valence-corrected chi connectivity index (χ4v) is 5.52. The van der Waals surface area contributed by atoms with Gasteiger partial charge < -0.3 is 15.1 Å². The molecule has 0 unspecified atom stereocenters. The SMILES string of the molecule is O=C(NC1CCN(C(=O)CCN2c3ccccc3Sc3ccccc32)CC1)c1cccnc1. The average Bonchev–Trinajstić information content (AvgIpc) is 2.87. The van der Waals surface area contributed by atoms with Gasteiger partial charge in [-0.3, -0.25) is 14.6 Å². The van der Waals surface area contributed by atoms with Gasteiger partial charge in [0.1, 0.15) is 0 Å². The van der Waals surface area contributed by atoms with Gasteiger partial charge in [0.2, 0.25) is 5.91 Å². The van der Waals surface area contributed by atoms with Gasteiger partial charge in [-0.25, -0.2) is 0 Å². The van der Waals surface area contributed by atoms with E-state index in [0.717, 1.165) is 24.2 Å². The van der Waals surface area contributed by atoms with Gasteiger partial charge in [-0.1, -0.05) is 36.0 Å². The number of anilines is 2. The molecule has 7 heteroatoms. The van der Waals surface area contributed by atoms with E-state index in [1.54, 1.807) is 36.3 Å². The van der Waals surface area contributed by atoms with Gasteiger partial charge in [0.25, 0.3) is 5.91 Å². The lowest BCUT2D eigenvalue weighted by Gasteiger charge is -2.35. The van der Waals surface area contributed by atoms with Crippen molar-refractivity contribution in [2.45, 2.75) is 35.1 Å². The molecule has 0 atom stereocenters. The lowest BCUT2D eigenvalue weighted by atomic mass is 10.0. The Morgan fingerprint density at radius 2 is 1.61 bits per heavy atom. The first-order chi connectivity index (χ1) is 16.2. The van der Waals surface area contributed by atoms with Crippen LogP contribution in [0.25, 0.3) is 0 Å². The molecule has 1 saturated heterocycles. The van der Waals surface area contributed by atoms with E-state index in [0.29, 0.717) is 31.6 Å². The molecular formula is C26H26N4O2S. The fraction of sp³-hybridized carbons (Fsp3) is 0.269. The maximum absolute atomic E-state index is 13.0. The van der Waals surface area contributed by atoms with Crippen LogP contribution in [0.4, 0.5) is 11.4 Å². The summed E-state index contributed by atoms with van der Waals surface area (Å²) in [5.41, 5.74) is 2.88. The first kappa shape index (κ1) is 21.5. The molecule has 0 spiro atoms. The van der Waals surface area contributed by atoms with Crippen LogP contribution in [0.2, 0.25) is 0 Å². The number of para-hydroxylation sites is 2. The van der Waals surface area contributed by atoms with Crippen molar-refractivity contribution in [2.24, 2.45) is 0 Å². The molecule has 168 valence electrons. The maximum Gasteiger partial charge on any atom is 0.253 e. The number of piperidine rings is 1. The Labute approximate surface area is 198 Å². The molecule has 3 aromatic rings. The van der Waals surface area contributed by atoms with Gasteiger partial charge >= 0.3 is 0 Å². The third kappa shape index (κ3) is 4.73. The van der Waals surface area contributed by atoms with Gasteiger partial charge in [0.05, 0.1) is 16.9 Å². The van der Waals surface area contributed by atoms with Crippen molar-refractivity contribution in [2.75, 3.05) is 24.5 Å². The van der Waals surface area contributed by atoms with Crippen LogP contribution in [0.1, 0.15) is 29.6 Å². The Hall–Kier alpha value is -3.32. The third-order valence-electron chi connectivity index (χ3n) is 6.19. The summed E-state index contributed by atoms with van der Waals surface area (Å²) in [5.74, 6) is 0.0633. The molecule has 1 aromatic heterocycles. The van der Waals surface area contributed by atoms with Crippen LogP contribution in [0.15, 0.2) is 82.8 Å². The number of benzene rings is 2. The average molecular weight is 459 g/mol. The molecular weight excluding hydrogens is 432 g/mol. The number of likely N-dealkylation sites (tertiary alicyclic amines) is 1. The summed E-state index contributed by atoms with van der Waals surface area (Å²) in [6.07, 6.45) is 5.22. The van der Waals surface area contributed by atoms with Crippen LogP contribution < -0.4 is 10.2 Å². The van der Waals surface area contributed by atoms with Crippen LogP contribution in [0, 0.1) is 0 Å². The predicted molar refractivity (Wildman–Crippen MR) is 130 cm³/mol. The second kappa shape index (κ2) is 9.67. The lowest BCUT2D eigenvalue weighted by Crippen LogP contribution is -2.47. The Kier molecular flexibility index (Phi) is 6.30. The first-order valence-corrected chi connectivity index (χ1v) is 12.1. The van der Waals surface area contributed by atoms with E-state index >= 15 is 0 Å². The highest BCUT2D eigenvalue weighted by Gasteiger charge is 2.27. The maximum atomic E-state index is 13.0. The molecule has 0 bridgehead atoms. The molecule has 6 nitrogen and oxygen atoms in total. The molecule has 2 amide bonds. The number of hydrogen-bond acceptors (Lipinski definition) is 5. The second-order valence-corrected chi connectivity index (χ2v) is 9.39. The largest absolute Gasteiger partial charge is 0.349 e. The zero-order chi connectivity index (χ0) is 22.6. The number of nitrogens with zero attached hydrogens (tertiary/aromatic N) is 3. The van der Waals surface area contributed by atoms with Crippen LogP contribution >= 0.6 is 11.8 Å². The van der Waals surface area contributed by atoms with Crippen molar-refractivity contribution in [3.05, 3.63) is 78.6 Å². The Balaban J connectivity index is 1.17. The third-order valence-corrected chi connectivity index (χ3v) is 7.32. The smallest absolute Gasteiger partial charge is 0.253 e. The van der Waals surface area contributed by atoms with Crippen LogP contribution in [-0.4, -0.2) is 47.4 Å². The summed E-state index contributed by atoms with van der Waals surface area (Å²) in [6.45, 7) is 1.98. The number of aromatic nitrogens is 1. The summed E-state index contributed by atoms with van der Waals surface area (Å²) >= 11 is 1.78. The van der Waals surface area contributed by atoms with Crippen LogP contribution in [0.5, 0.6) is 0 Å². The van der Waals surface area contributed by atoms with E-state index in [9.17, 15) is 9.59 Å². The van der Waals surface area contributed by atoms with Gasteiger partial charge in [-0.15, -0.1) is 0 Å². The second-order valence-electron chi connectivity index (χ2n) is 8.31. The first-order valence-electron chi connectivity index (χ1n) is 11.3. The summed E-state index contributed by atoms with van der Waals surface area (Å²) in [5, 5.41) is 3.07. The van der Waals surface area contributed by atoms with Crippen molar-refractivity contribution in [3.8, 4) is 0 Å². The lowest BCUT2D eigenvalue weighted by molar-refractivity contribution is -0.132. The van der Waals surface area contributed by atoms with E-state index in [-0.39, 0.29) is 17.9 Å². The Morgan fingerprint density at radius 3 is 2.24 bits per heavy atom. The van der Waals surface area contributed by atoms with Crippen molar-refractivity contribution in [1.82, 2.24) is 15.2 Å². The number of amides is 2. The molecule has 0 aliphatic carbocycles. The fourth-order valence-electron chi connectivity index (χ4n) is 4.43. The zero-order valence-electron chi connectivity index (χ0n) is 18.3. The van der Waals surface area contributed by atoms with Gasteiger partial charge in [0, 0.05) is 54.3 Å². The minimum atomic E-state index is -0.104. The number of nitrogens with one attached hydrogen (secondary N) is 1. The molecule has 2 aromatic carbocycles. The molecule has 0 saturated carbocycles. The Morgan fingerprint density at radius 1 is 0.939 bits per heavy atom. The van der Waals surface area contributed by atoms with Gasteiger partial charge in [-0.05, 0) is 49.2 Å². The molecule has 1 fully saturated rings. The number of fused-ring (bicyclic) bond motifs is 2. The number of rotatable bonds is 5. The standard InChI is InChI=1S/C26H26N4O2S/c31-25(29-15-11-20(12-16-29)28-26(32)19-6-5-14-27-18-19)13-17-30-21-7-1-3-9-23(21)33-24-10-4-2-8-22(24)30/h1-10,14,18,20H,11-13,15-17H2,(H,28,32). The van der Waals surface area contributed by atoms with E-state index in [1.165, 1.54) is 9.79 Å². The molecule has 2 aliphatic heterocycles. The summed E-state index contributed by atoms with van der Waals surface area (Å²) in [7, 11) is 0. The molecule has 2 aliphatic rings. The van der Waals surface area contributed by atoms with Crippen LogP contribution in [0.3, 0.4) is 0 Å². The van der Waals surface area contributed by atoms with Gasteiger partial charge in [0.15, 0.2) is 0 Å². The quantitative estimate of drug-likeness (QED) is 0.610. The van der Waals surface area contributed by atoms with E-state index < -0.39 is 0 Å². The van der Waals surface area contributed by atoms with Crippen molar-refractivity contribution < 1.29 is 9.59 Å². The van der Waals surface area contributed by atoms with Crippen molar-refractivity contribution >= 4 is 35.0 Å². The number of carbonyl (C=O) groups is 2. The molecule has 0 radical (unpaired) electrons. The number of carbonyl (C=O) groups excluding carboxylic acids is 2. The number of hydrogen-bond donors (Lipinski definition) is 1. The molecule has 3 heterocycles. The predicted octanol–water partition coefficient (Wildman–Crippen LogP) is 4.50. The van der Waals surface area contributed by atoms with Crippen LogP contribution in [-0.2, 0) is 4.79 Å². The summed E-state index contributed by atoms with van der Waals surface area (Å²) in [4.78, 5) is 36.0.